The van der Waals surface area contributed by atoms with E-state index in [4.69, 9.17) is 21.1 Å². The Morgan fingerprint density at radius 1 is 1.45 bits per heavy atom. The molecule has 2 heterocycles. The second kappa shape index (κ2) is 6.02. The van der Waals surface area contributed by atoms with E-state index in [1.807, 2.05) is 18.2 Å². The molecule has 20 heavy (non-hydrogen) atoms. The minimum absolute atomic E-state index is 0.0664. The van der Waals surface area contributed by atoms with Gasteiger partial charge in [-0.05, 0) is 43.4 Å². The van der Waals surface area contributed by atoms with Crippen molar-refractivity contribution in [1.29, 1.82) is 0 Å². The molecule has 1 saturated heterocycles. The molecule has 0 radical (unpaired) electrons. The Morgan fingerprint density at radius 2 is 2.35 bits per heavy atom. The van der Waals surface area contributed by atoms with E-state index in [-0.39, 0.29) is 17.9 Å². The lowest BCUT2D eigenvalue weighted by atomic mass is 10.0. The molecule has 1 amide bonds. The van der Waals surface area contributed by atoms with Crippen molar-refractivity contribution < 1.29 is 14.3 Å². The molecule has 2 unspecified atom stereocenters. The number of rotatable bonds is 4. The average Bonchev–Trinajstić information content (AvgIpc) is 2.97. The number of anilines is 1. The highest BCUT2D eigenvalue weighted by molar-refractivity contribution is 6.20. The van der Waals surface area contributed by atoms with Gasteiger partial charge in [0.2, 0.25) is 0 Å². The van der Waals surface area contributed by atoms with Crippen LogP contribution in [-0.2, 0) is 9.53 Å². The van der Waals surface area contributed by atoms with Crippen molar-refractivity contribution in [2.24, 2.45) is 0 Å². The van der Waals surface area contributed by atoms with Gasteiger partial charge in [0.25, 0.3) is 5.91 Å². The monoisotopic (exact) mass is 295 g/mol. The fourth-order valence-corrected chi connectivity index (χ4v) is 2.93. The highest BCUT2D eigenvalue weighted by Gasteiger charge is 2.20. The summed E-state index contributed by atoms with van der Waals surface area (Å²) in [5, 5.41) is 2.74. The van der Waals surface area contributed by atoms with Crippen molar-refractivity contribution in [2.75, 3.05) is 18.5 Å². The van der Waals surface area contributed by atoms with E-state index in [0.717, 1.165) is 37.9 Å². The van der Waals surface area contributed by atoms with Crippen LogP contribution in [0.5, 0.6) is 5.75 Å². The molecular formula is C15H18ClNO3. The number of fused-ring (bicyclic) bond motifs is 1. The first kappa shape index (κ1) is 13.7. The third-order valence-corrected chi connectivity index (χ3v) is 4.23. The van der Waals surface area contributed by atoms with Crippen molar-refractivity contribution in [2.45, 2.75) is 37.2 Å². The van der Waals surface area contributed by atoms with E-state index < -0.39 is 0 Å². The fourth-order valence-electron chi connectivity index (χ4n) is 2.67. The highest BCUT2D eigenvalue weighted by Crippen LogP contribution is 2.35. The second-order valence-corrected chi connectivity index (χ2v) is 5.80. The van der Waals surface area contributed by atoms with Crippen LogP contribution >= 0.6 is 11.6 Å². The second-order valence-electron chi connectivity index (χ2n) is 5.27. The van der Waals surface area contributed by atoms with Crippen LogP contribution in [0.1, 0.15) is 36.6 Å². The standard InChI is InChI=1S/C15H18ClNO3/c16-12(5-4-11-2-1-7-19-11)10-3-6-14-13(8-10)17-15(18)9-20-14/h3,6,8,11-12H,1-2,4-5,7,9H2,(H,17,18). The largest absolute Gasteiger partial charge is 0.482 e. The number of nitrogens with one attached hydrogen (secondary N) is 1. The lowest BCUT2D eigenvalue weighted by Gasteiger charge is -2.20. The molecule has 0 aromatic heterocycles. The van der Waals surface area contributed by atoms with E-state index in [2.05, 4.69) is 5.32 Å². The molecule has 1 aromatic carbocycles. The molecule has 1 N–H and O–H groups in total. The number of carbonyl (C=O) groups excluding carboxylic acids is 1. The molecule has 2 atom stereocenters. The summed E-state index contributed by atoms with van der Waals surface area (Å²) >= 11 is 6.45. The molecule has 5 heteroatoms. The predicted molar refractivity (Wildman–Crippen MR) is 77.4 cm³/mol. The third kappa shape index (κ3) is 3.07. The number of benzene rings is 1. The minimum Gasteiger partial charge on any atom is -0.482 e. The quantitative estimate of drug-likeness (QED) is 0.867. The number of alkyl halides is 1. The summed E-state index contributed by atoms with van der Waals surface area (Å²) < 4.78 is 10.9. The summed E-state index contributed by atoms with van der Waals surface area (Å²) in [6.07, 6.45) is 4.50. The first-order chi connectivity index (χ1) is 9.72. The van der Waals surface area contributed by atoms with Crippen molar-refractivity contribution >= 4 is 23.2 Å². The number of ether oxygens (including phenoxy) is 2. The van der Waals surface area contributed by atoms with Crippen LogP contribution in [0.4, 0.5) is 5.69 Å². The number of halogens is 1. The van der Waals surface area contributed by atoms with Gasteiger partial charge in [-0.2, -0.15) is 0 Å². The van der Waals surface area contributed by atoms with Crippen LogP contribution in [0.2, 0.25) is 0 Å². The number of hydrogen-bond acceptors (Lipinski definition) is 3. The normalized spacial score (nSPS) is 22.9. The van der Waals surface area contributed by atoms with Crippen LogP contribution in [-0.4, -0.2) is 25.2 Å². The van der Waals surface area contributed by atoms with Gasteiger partial charge < -0.3 is 14.8 Å². The van der Waals surface area contributed by atoms with Crippen molar-refractivity contribution in [1.82, 2.24) is 0 Å². The summed E-state index contributed by atoms with van der Waals surface area (Å²) in [6.45, 7) is 0.954. The van der Waals surface area contributed by atoms with Gasteiger partial charge in [-0.15, -0.1) is 11.6 Å². The molecule has 0 spiro atoms. The van der Waals surface area contributed by atoms with Gasteiger partial charge in [0.05, 0.1) is 17.2 Å². The zero-order valence-corrected chi connectivity index (χ0v) is 12.0. The maximum Gasteiger partial charge on any atom is 0.262 e. The minimum atomic E-state index is -0.125. The zero-order valence-electron chi connectivity index (χ0n) is 11.2. The molecule has 0 bridgehead atoms. The molecule has 2 aliphatic rings. The van der Waals surface area contributed by atoms with Gasteiger partial charge >= 0.3 is 0 Å². The smallest absolute Gasteiger partial charge is 0.262 e. The Bertz CT molecular complexity index is 500. The Balaban J connectivity index is 1.63. The molecule has 3 rings (SSSR count). The van der Waals surface area contributed by atoms with Crippen molar-refractivity contribution in [3.63, 3.8) is 0 Å². The van der Waals surface area contributed by atoms with E-state index in [1.165, 1.54) is 0 Å². The van der Waals surface area contributed by atoms with Crippen LogP contribution < -0.4 is 10.1 Å². The maximum absolute atomic E-state index is 11.3. The summed E-state index contributed by atoms with van der Waals surface area (Å²) in [6, 6.07) is 5.73. The van der Waals surface area contributed by atoms with Gasteiger partial charge in [-0.25, -0.2) is 0 Å². The lowest BCUT2D eigenvalue weighted by molar-refractivity contribution is -0.118. The number of hydrogen-bond donors (Lipinski definition) is 1. The predicted octanol–water partition coefficient (Wildman–Crippen LogP) is 3.26. The molecule has 0 aliphatic carbocycles. The van der Waals surface area contributed by atoms with Gasteiger partial charge in [0, 0.05) is 6.61 Å². The van der Waals surface area contributed by atoms with E-state index in [1.54, 1.807) is 0 Å². The molecule has 2 aliphatic heterocycles. The van der Waals surface area contributed by atoms with Gasteiger partial charge in [0.1, 0.15) is 5.75 Å². The number of amides is 1. The number of carbonyl (C=O) groups is 1. The Morgan fingerprint density at radius 3 is 3.15 bits per heavy atom. The fraction of sp³-hybridized carbons (Fsp3) is 0.533. The molecule has 4 nitrogen and oxygen atoms in total. The van der Waals surface area contributed by atoms with E-state index in [0.29, 0.717) is 17.5 Å². The Labute approximate surface area is 123 Å². The van der Waals surface area contributed by atoms with E-state index >= 15 is 0 Å². The zero-order chi connectivity index (χ0) is 13.9. The Hall–Kier alpha value is -1.26. The summed E-state index contributed by atoms with van der Waals surface area (Å²) in [7, 11) is 0. The van der Waals surface area contributed by atoms with E-state index in [9.17, 15) is 4.79 Å². The molecule has 0 saturated carbocycles. The molecule has 108 valence electrons. The van der Waals surface area contributed by atoms with Crippen LogP contribution in [0.3, 0.4) is 0 Å². The third-order valence-electron chi connectivity index (χ3n) is 3.76. The lowest BCUT2D eigenvalue weighted by Crippen LogP contribution is -2.25. The van der Waals surface area contributed by atoms with Gasteiger partial charge in [-0.1, -0.05) is 6.07 Å². The van der Waals surface area contributed by atoms with Gasteiger partial charge in [0.15, 0.2) is 6.61 Å². The topological polar surface area (TPSA) is 47.6 Å². The molecular weight excluding hydrogens is 278 g/mol. The first-order valence-electron chi connectivity index (χ1n) is 7.04. The average molecular weight is 296 g/mol. The van der Waals surface area contributed by atoms with Gasteiger partial charge in [-0.3, -0.25) is 4.79 Å². The first-order valence-corrected chi connectivity index (χ1v) is 7.48. The molecule has 1 aromatic rings. The Kier molecular flexibility index (Phi) is 4.13. The van der Waals surface area contributed by atoms with Crippen molar-refractivity contribution in [3.8, 4) is 5.75 Å². The summed E-state index contributed by atoms with van der Waals surface area (Å²) in [4.78, 5) is 11.3. The van der Waals surface area contributed by atoms with Crippen LogP contribution in [0.25, 0.3) is 0 Å². The molecule has 1 fully saturated rings. The SMILES string of the molecule is O=C1COc2ccc(C(Cl)CCC3CCCO3)cc2N1. The maximum atomic E-state index is 11.3. The highest BCUT2D eigenvalue weighted by atomic mass is 35.5. The van der Waals surface area contributed by atoms with Crippen LogP contribution in [0, 0.1) is 0 Å². The summed E-state index contributed by atoms with van der Waals surface area (Å²) in [5.74, 6) is 0.580. The summed E-state index contributed by atoms with van der Waals surface area (Å²) in [5.41, 5.74) is 1.72. The van der Waals surface area contributed by atoms with Crippen molar-refractivity contribution in [3.05, 3.63) is 23.8 Å². The van der Waals surface area contributed by atoms with Crippen LogP contribution in [0.15, 0.2) is 18.2 Å².